The minimum atomic E-state index is -0.576. The average molecular weight is 242 g/mol. The molecular weight excluding hydrogens is 212 g/mol. The minimum absolute atomic E-state index is 0.576. The molecule has 0 aromatic carbocycles. The lowest BCUT2D eigenvalue weighted by molar-refractivity contribution is 0.01000. The van der Waals surface area contributed by atoms with Gasteiger partial charge in [-0.25, -0.2) is 0 Å². The lowest BCUT2D eigenvalue weighted by Gasteiger charge is -2.39. The molecule has 2 N–H and O–H groups in total. The van der Waals surface area contributed by atoms with E-state index >= 15 is 0 Å². The molecule has 0 aliphatic carbocycles. The number of likely N-dealkylation sites (tertiary alicyclic amines) is 1. The number of β-amino-alcohol motifs (C(OH)–C–C–N with tert-alkyl or cyclic N) is 1. The Morgan fingerprint density at radius 1 is 1.35 bits per heavy atom. The van der Waals surface area contributed by atoms with Crippen LogP contribution in [0.5, 0.6) is 0 Å². The van der Waals surface area contributed by atoms with Crippen molar-refractivity contribution < 1.29 is 5.11 Å². The van der Waals surface area contributed by atoms with Crippen LogP contribution in [0.2, 0.25) is 0 Å². The Morgan fingerprint density at radius 3 is 2.65 bits per heavy atom. The van der Waals surface area contributed by atoms with Crippen LogP contribution < -0.4 is 5.32 Å². The van der Waals surface area contributed by atoms with Gasteiger partial charge in [0.1, 0.15) is 0 Å². The third-order valence-electron chi connectivity index (χ3n) is 3.27. The molecule has 1 saturated heterocycles. The van der Waals surface area contributed by atoms with Crippen molar-refractivity contribution in [2.24, 2.45) is 5.92 Å². The van der Waals surface area contributed by atoms with Crippen molar-refractivity contribution in [2.45, 2.75) is 58.6 Å². The number of nitrogens with one attached hydrogen (secondary N) is 1. The highest BCUT2D eigenvalue weighted by atomic mass is 16.3. The van der Waals surface area contributed by atoms with Crippen LogP contribution >= 0.6 is 0 Å². The standard InChI is InChI=1S/C14H30N2O/c1-12(2)9-15-10-13-7-5-6-8-16(13)11-14(3,4)17/h12-13,15,17H,5-11H2,1-4H3. The molecule has 1 aliphatic rings. The largest absolute Gasteiger partial charge is 0.389 e. The second-order valence-corrected chi connectivity index (χ2v) is 6.48. The fraction of sp³-hybridized carbons (Fsp3) is 1.00. The van der Waals surface area contributed by atoms with E-state index in [0.29, 0.717) is 12.0 Å². The van der Waals surface area contributed by atoms with Crippen LogP contribution in [0.15, 0.2) is 0 Å². The summed E-state index contributed by atoms with van der Waals surface area (Å²) in [5.74, 6) is 0.710. The molecule has 0 saturated carbocycles. The molecule has 1 atom stereocenters. The van der Waals surface area contributed by atoms with E-state index in [1.807, 2.05) is 13.8 Å². The van der Waals surface area contributed by atoms with Gasteiger partial charge in [0.2, 0.25) is 0 Å². The summed E-state index contributed by atoms with van der Waals surface area (Å²) >= 11 is 0. The second kappa shape index (κ2) is 6.72. The van der Waals surface area contributed by atoms with E-state index in [-0.39, 0.29) is 0 Å². The van der Waals surface area contributed by atoms with Crippen molar-refractivity contribution in [1.82, 2.24) is 10.2 Å². The van der Waals surface area contributed by atoms with Gasteiger partial charge in [-0.1, -0.05) is 20.3 Å². The number of aliphatic hydroxyl groups is 1. The topological polar surface area (TPSA) is 35.5 Å². The molecule has 1 rings (SSSR count). The Bertz CT molecular complexity index is 211. The molecule has 0 amide bonds. The van der Waals surface area contributed by atoms with Gasteiger partial charge < -0.3 is 10.4 Å². The molecule has 0 bridgehead atoms. The van der Waals surface area contributed by atoms with Crippen LogP contribution in [0.25, 0.3) is 0 Å². The fourth-order valence-corrected chi connectivity index (χ4v) is 2.53. The Hall–Kier alpha value is -0.120. The van der Waals surface area contributed by atoms with Gasteiger partial charge >= 0.3 is 0 Å². The molecule has 1 fully saturated rings. The van der Waals surface area contributed by atoms with Crippen molar-refractivity contribution in [3.05, 3.63) is 0 Å². The predicted molar refractivity (Wildman–Crippen MR) is 73.2 cm³/mol. The van der Waals surface area contributed by atoms with Gasteiger partial charge in [-0.2, -0.15) is 0 Å². The van der Waals surface area contributed by atoms with E-state index in [0.717, 1.165) is 26.2 Å². The predicted octanol–water partition coefficient (Wildman–Crippen LogP) is 1.86. The lowest BCUT2D eigenvalue weighted by atomic mass is 9.99. The number of piperidine rings is 1. The first-order valence-corrected chi connectivity index (χ1v) is 7.05. The molecule has 3 nitrogen and oxygen atoms in total. The summed E-state index contributed by atoms with van der Waals surface area (Å²) in [6.45, 7) is 12.4. The minimum Gasteiger partial charge on any atom is -0.389 e. The van der Waals surface area contributed by atoms with Gasteiger partial charge in [0, 0.05) is 19.1 Å². The SMILES string of the molecule is CC(C)CNCC1CCCCN1CC(C)(C)O. The molecular formula is C14H30N2O. The highest BCUT2D eigenvalue weighted by Crippen LogP contribution is 2.19. The van der Waals surface area contributed by atoms with E-state index in [9.17, 15) is 5.11 Å². The number of hydrogen-bond acceptors (Lipinski definition) is 3. The van der Waals surface area contributed by atoms with E-state index < -0.39 is 5.60 Å². The molecule has 102 valence electrons. The maximum atomic E-state index is 9.94. The number of hydrogen-bond donors (Lipinski definition) is 2. The first-order valence-electron chi connectivity index (χ1n) is 7.05. The molecule has 1 aliphatic heterocycles. The Balaban J connectivity index is 2.37. The summed E-state index contributed by atoms with van der Waals surface area (Å²) in [5, 5.41) is 13.5. The zero-order valence-corrected chi connectivity index (χ0v) is 12.0. The third-order valence-corrected chi connectivity index (χ3v) is 3.27. The van der Waals surface area contributed by atoms with E-state index in [4.69, 9.17) is 0 Å². The summed E-state index contributed by atoms with van der Waals surface area (Å²) in [6.07, 6.45) is 3.87. The number of rotatable bonds is 6. The van der Waals surface area contributed by atoms with Crippen molar-refractivity contribution in [2.75, 3.05) is 26.2 Å². The summed E-state index contributed by atoms with van der Waals surface area (Å²) in [4.78, 5) is 2.46. The van der Waals surface area contributed by atoms with Gasteiger partial charge in [-0.3, -0.25) is 4.90 Å². The van der Waals surface area contributed by atoms with Crippen LogP contribution in [0.4, 0.5) is 0 Å². The van der Waals surface area contributed by atoms with Gasteiger partial charge in [0.05, 0.1) is 5.60 Å². The van der Waals surface area contributed by atoms with Gasteiger partial charge in [-0.05, 0) is 45.7 Å². The maximum absolute atomic E-state index is 9.94. The van der Waals surface area contributed by atoms with Crippen molar-refractivity contribution in [1.29, 1.82) is 0 Å². The van der Waals surface area contributed by atoms with Crippen molar-refractivity contribution in [3.8, 4) is 0 Å². The summed E-state index contributed by atoms with van der Waals surface area (Å²) in [5.41, 5.74) is -0.576. The number of nitrogens with zero attached hydrogens (tertiary/aromatic N) is 1. The quantitative estimate of drug-likeness (QED) is 0.746. The molecule has 0 radical (unpaired) electrons. The van der Waals surface area contributed by atoms with E-state index in [2.05, 4.69) is 24.1 Å². The molecule has 0 spiro atoms. The molecule has 3 heteroatoms. The molecule has 0 aromatic rings. The third kappa shape index (κ3) is 6.39. The van der Waals surface area contributed by atoms with E-state index in [1.54, 1.807) is 0 Å². The summed E-state index contributed by atoms with van der Waals surface area (Å²) < 4.78 is 0. The zero-order valence-electron chi connectivity index (χ0n) is 12.0. The molecule has 1 heterocycles. The van der Waals surface area contributed by atoms with Crippen LogP contribution in [-0.2, 0) is 0 Å². The first-order chi connectivity index (χ1) is 7.88. The van der Waals surface area contributed by atoms with Gasteiger partial charge in [0.15, 0.2) is 0 Å². The molecule has 17 heavy (non-hydrogen) atoms. The lowest BCUT2D eigenvalue weighted by Crippen LogP contribution is -2.50. The Labute approximate surface area is 107 Å². The van der Waals surface area contributed by atoms with Crippen LogP contribution in [0.3, 0.4) is 0 Å². The first kappa shape index (κ1) is 14.9. The monoisotopic (exact) mass is 242 g/mol. The van der Waals surface area contributed by atoms with Gasteiger partial charge in [-0.15, -0.1) is 0 Å². The zero-order chi connectivity index (χ0) is 12.9. The smallest absolute Gasteiger partial charge is 0.0718 e. The maximum Gasteiger partial charge on any atom is 0.0718 e. The fourth-order valence-electron chi connectivity index (χ4n) is 2.53. The van der Waals surface area contributed by atoms with Crippen LogP contribution in [0, 0.1) is 5.92 Å². The van der Waals surface area contributed by atoms with Crippen LogP contribution in [-0.4, -0.2) is 47.8 Å². The second-order valence-electron chi connectivity index (χ2n) is 6.48. The van der Waals surface area contributed by atoms with Crippen molar-refractivity contribution >= 4 is 0 Å². The Kier molecular flexibility index (Phi) is 5.90. The highest BCUT2D eigenvalue weighted by molar-refractivity contribution is 4.83. The van der Waals surface area contributed by atoms with E-state index in [1.165, 1.54) is 19.3 Å². The Morgan fingerprint density at radius 2 is 2.06 bits per heavy atom. The normalized spacial score (nSPS) is 23.3. The highest BCUT2D eigenvalue weighted by Gasteiger charge is 2.26. The average Bonchev–Trinajstić information content (AvgIpc) is 2.17. The molecule has 1 unspecified atom stereocenters. The summed E-state index contributed by atoms with van der Waals surface area (Å²) in [6, 6.07) is 0.605. The van der Waals surface area contributed by atoms with Crippen LogP contribution in [0.1, 0.15) is 47.0 Å². The van der Waals surface area contributed by atoms with Crippen molar-refractivity contribution in [3.63, 3.8) is 0 Å². The molecule has 0 aromatic heterocycles. The summed E-state index contributed by atoms with van der Waals surface area (Å²) in [7, 11) is 0. The van der Waals surface area contributed by atoms with Gasteiger partial charge in [0.25, 0.3) is 0 Å².